The minimum absolute atomic E-state index is 0.147. The minimum atomic E-state index is -4.41. The van der Waals surface area contributed by atoms with Crippen LogP contribution in [0.25, 0.3) is 5.65 Å². The number of hydrogen-bond donors (Lipinski definition) is 0. The van der Waals surface area contributed by atoms with E-state index in [9.17, 15) is 13.2 Å². The van der Waals surface area contributed by atoms with Crippen molar-refractivity contribution in [3.63, 3.8) is 0 Å². The Morgan fingerprint density at radius 1 is 1.29 bits per heavy atom. The van der Waals surface area contributed by atoms with E-state index < -0.39 is 11.9 Å². The standard InChI is InChI=1S/C11H10F3N3/c1-6-5-17-9(15-6)4-8(11(12,13)14)16-10(17)7-2-3-7/h4-5,7H,2-3H2,1H3. The van der Waals surface area contributed by atoms with Gasteiger partial charge in [-0.25, -0.2) is 9.97 Å². The second-order valence-corrected chi connectivity index (χ2v) is 4.38. The van der Waals surface area contributed by atoms with Crippen LogP contribution in [0.1, 0.15) is 36.0 Å². The third kappa shape index (κ3) is 1.77. The van der Waals surface area contributed by atoms with Crippen LogP contribution in [0.2, 0.25) is 0 Å². The molecule has 3 rings (SSSR count). The summed E-state index contributed by atoms with van der Waals surface area (Å²) in [6.45, 7) is 1.76. The highest BCUT2D eigenvalue weighted by Crippen LogP contribution is 2.40. The molecule has 2 aromatic rings. The SMILES string of the molecule is Cc1cn2c(C3CC3)nc(C(F)(F)F)cc2n1. The summed E-state index contributed by atoms with van der Waals surface area (Å²) < 4.78 is 39.7. The van der Waals surface area contributed by atoms with Gasteiger partial charge in [-0.3, -0.25) is 4.40 Å². The molecule has 1 aliphatic carbocycles. The highest BCUT2D eigenvalue weighted by Gasteiger charge is 2.36. The Hall–Kier alpha value is -1.59. The van der Waals surface area contributed by atoms with Crippen molar-refractivity contribution in [1.29, 1.82) is 0 Å². The number of alkyl halides is 3. The Morgan fingerprint density at radius 2 is 2.00 bits per heavy atom. The van der Waals surface area contributed by atoms with Crippen LogP contribution in [0.15, 0.2) is 12.3 Å². The van der Waals surface area contributed by atoms with Gasteiger partial charge >= 0.3 is 6.18 Å². The summed E-state index contributed by atoms with van der Waals surface area (Å²) in [6.07, 6.45) is -0.872. The molecule has 0 N–H and O–H groups in total. The summed E-state index contributed by atoms with van der Waals surface area (Å²) in [7, 11) is 0. The van der Waals surface area contributed by atoms with Crippen LogP contribution in [0, 0.1) is 6.92 Å². The molecule has 2 heterocycles. The van der Waals surface area contributed by atoms with Gasteiger partial charge in [0.25, 0.3) is 0 Å². The Bertz CT molecular complexity index is 581. The highest BCUT2D eigenvalue weighted by molar-refractivity contribution is 5.43. The Kier molecular flexibility index (Phi) is 1.99. The molecule has 0 radical (unpaired) electrons. The topological polar surface area (TPSA) is 30.2 Å². The lowest BCUT2D eigenvalue weighted by Gasteiger charge is -2.09. The van der Waals surface area contributed by atoms with Gasteiger partial charge in [-0.1, -0.05) is 0 Å². The molecule has 90 valence electrons. The smallest absolute Gasteiger partial charge is 0.287 e. The van der Waals surface area contributed by atoms with E-state index >= 15 is 0 Å². The molecule has 1 saturated carbocycles. The van der Waals surface area contributed by atoms with Crippen LogP contribution in [0.4, 0.5) is 13.2 Å². The maximum atomic E-state index is 12.7. The highest BCUT2D eigenvalue weighted by atomic mass is 19.4. The Morgan fingerprint density at radius 3 is 2.59 bits per heavy atom. The van der Waals surface area contributed by atoms with E-state index in [1.165, 1.54) is 0 Å². The minimum Gasteiger partial charge on any atom is -0.287 e. The number of fused-ring (bicyclic) bond motifs is 1. The number of imidazole rings is 1. The molecular weight excluding hydrogens is 231 g/mol. The van der Waals surface area contributed by atoms with E-state index in [2.05, 4.69) is 9.97 Å². The monoisotopic (exact) mass is 241 g/mol. The van der Waals surface area contributed by atoms with Crippen LogP contribution in [-0.2, 0) is 6.18 Å². The molecule has 1 fully saturated rings. The molecule has 0 bridgehead atoms. The van der Waals surface area contributed by atoms with Crippen molar-refractivity contribution >= 4 is 5.65 Å². The van der Waals surface area contributed by atoms with Gasteiger partial charge < -0.3 is 0 Å². The summed E-state index contributed by atoms with van der Waals surface area (Å²) in [5, 5.41) is 0. The van der Waals surface area contributed by atoms with Crippen LogP contribution >= 0.6 is 0 Å². The summed E-state index contributed by atoms with van der Waals surface area (Å²) in [6, 6.07) is 0.999. The fourth-order valence-electron chi connectivity index (χ4n) is 1.91. The largest absolute Gasteiger partial charge is 0.433 e. The lowest BCUT2D eigenvalue weighted by atomic mass is 10.3. The zero-order chi connectivity index (χ0) is 12.2. The predicted molar refractivity (Wildman–Crippen MR) is 54.7 cm³/mol. The molecule has 17 heavy (non-hydrogen) atoms. The first-order valence-corrected chi connectivity index (χ1v) is 5.39. The first kappa shape index (κ1) is 10.6. The summed E-state index contributed by atoms with van der Waals surface area (Å²) in [5.41, 5.74) is 0.178. The second-order valence-electron chi connectivity index (χ2n) is 4.38. The van der Waals surface area contributed by atoms with Crippen molar-refractivity contribution in [3.8, 4) is 0 Å². The average Bonchev–Trinajstić information content (AvgIpc) is 2.97. The third-order valence-electron chi connectivity index (χ3n) is 2.83. The van der Waals surface area contributed by atoms with Crippen LogP contribution in [0.5, 0.6) is 0 Å². The fraction of sp³-hybridized carbons (Fsp3) is 0.455. The van der Waals surface area contributed by atoms with E-state index in [4.69, 9.17) is 0 Å². The summed E-state index contributed by atoms with van der Waals surface area (Å²) in [5.74, 6) is 0.629. The first-order chi connectivity index (χ1) is 7.95. The maximum absolute atomic E-state index is 12.7. The van der Waals surface area contributed by atoms with Crippen molar-refractivity contribution in [2.75, 3.05) is 0 Å². The van der Waals surface area contributed by atoms with Crippen molar-refractivity contribution in [2.24, 2.45) is 0 Å². The van der Waals surface area contributed by atoms with E-state index in [1.54, 1.807) is 17.5 Å². The van der Waals surface area contributed by atoms with E-state index in [0.29, 0.717) is 17.2 Å². The maximum Gasteiger partial charge on any atom is 0.433 e. The van der Waals surface area contributed by atoms with E-state index in [-0.39, 0.29) is 5.92 Å². The van der Waals surface area contributed by atoms with E-state index in [1.807, 2.05) is 0 Å². The van der Waals surface area contributed by atoms with E-state index in [0.717, 1.165) is 18.9 Å². The van der Waals surface area contributed by atoms with Crippen molar-refractivity contribution in [1.82, 2.24) is 14.4 Å². The predicted octanol–water partition coefficient (Wildman–Crippen LogP) is 2.93. The quantitative estimate of drug-likeness (QED) is 0.768. The fourth-order valence-corrected chi connectivity index (χ4v) is 1.91. The number of nitrogens with zero attached hydrogens (tertiary/aromatic N) is 3. The lowest BCUT2D eigenvalue weighted by Crippen LogP contribution is -2.12. The molecule has 0 aromatic carbocycles. The number of aromatic nitrogens is 3. The van der Waals surface area contributed by atoms with Gasteiger partial charge in [-0.15, -0.1) is 0 Å². The van der Waals surface area contributed by atoms with Crippen molar-refractivity contribution in [3.05, 3.63) is 29.5 Å². The number of halogens is 3. The first-order valence-electron chi connectivity index (χ1n) is 5.39. The zero-order valence-corrected chi connectivity index (χ0v) is 9.12. The van der Waals surface area contributed by atoms with Crippen molar-refractivity contribution in [2.45, 2.75) is 31.9 Å². The van der Waals surface area contributed by atoms with Gasteiger partial charge in [0, 0.05) is 18.2 Å². The number of rotatable bonds is 1. The van der Waals surface area contributed by atoms with Gasteiger partial charge in [0.05, 0.1) is 5.69 Å². The van der Waals surface area contributed by atoms with Crippen molar-refractivity contribution < 1.29 is 13.2 Å². The molecule has 0 aliphatic heterocycles. The lowest BCUT2D eigenvalue weighted by molar-refractivity contribution is -0.141. The van der Waals surface area contributed by atoms with Gasteiger partial charge in [0.15, 0.2) is 0 Å². The van der Waals surface area contributed by atoms with Gasteiger partial charge in [-0.05, 0) is 19.8 Å². The molecule has 0 unspecified atom stereocenters. The molecule has 0 amide bonds. The average molecular weight is 241 g/mol. The third-order valence-corrected chi connectivity index (χ3v) is 2.83. The normalized spacial score (nSPS) is 16.7. The molecule has 0 saturated heterocycles. The van der Waals surface area contributed by atoms with Crippen LogP contribution in [0.3, 0.4) is 0 Å². The summed E-state index contributed by atoms with van der Waals surface area (Å²) in [4.78, 5) is 7.83. The molecule has 2 aromatic heterocycles. The molecule has 1 aliphatic rings. The Balaban J connectivity index is 2.26. The van der Waals surface area contributed by atoms with Gasteiger partial charge in [-0.2, -0.15) is 13.2 Å². The molecule has 0 spiro atoms. The Labute approximate surface area is 95.3 Å². The summed E-state index contributed by atoms with van der Waals surface area (Å²) >= 11 is 0. The van der Waals surface area contributed by atoms with Gasteiger partial charge in [0.1, 0.15) is 17.2 Å². The van der Waals surface area contributed by atoms with Crippen LogP contribution in [-0.4, -0.2) is 14.4 Å². The number of hydrogen-bond acceptors (Lipinski definition) is 2. The molecular formula is C11H10F3N3. The van der Waals surface area contributed by atoms with Gasteiger partial charge in [0.2, 0.25) is 0 Å². The molecule has 3 nitrogen and oxygen atoms in total. The second kappa shape index (κ2) is 3.21. The number of aryl methyl sites for hydroxylation is 1. The molecule has 0 atom stereocenters. The zero-order valence-electron chi connectivity index (χ0n) is 9.12. The van der Waals surface area contributed by atoms with Crippen LogP contribution < -0.4 is 0 Å². The molecule has 6 heteroatoms.